The Bertz CT molecular complexity index is 395. The van der Waals surface area contributed by atoms with E-state index in [2.05, 4.69) is 31.4 Å². The molecular weight excluding hydrogens is 356 g/mol. The number of ether oxygens (including phenoxy) is 2. The molecule has 2 atom stereocenters. The molecule has 0 aliphatic heterocycles. The van der Waals surface area contributed by atoms with Crippen molar-refractivity contribution >= 4 is 34.8 Å². The molecule has 0 aromatic heterocycles. The molecule has 2 unspecified atom stereocenters. The van der Waals surface area contributed by atoms with Gasteiger partial charge in [0, 0.05) is 26.6 Å². The van der Waals surface area contributed by atoms with E-state index in [1.54, 1.807) is 6.92 Å². The Morgan fingerprint density at radius 3 is 2.04 bits per heavy atom. The number of unbranched alkanes of at least 4 members (excludes halogenated alkanes) is 2. The smallest absolute Gasteiger partial charge is 0.259 e. The minimum atomic E-state index is -1.09. The van der Waals surface area contributed by atoms with Crippen molar-refractivity contribution in [2.24, 2.45) is 5.73 Å². The van der Waals surface area contributed by atoms with Gasteiger partial charge in [0.2, 0.25) is 5.85 Å². The topological polar surface area (TPSA) is 71.8 Å². The highest BCUT2D eigenvalue weighted by molar-refractivity contribution is 7.80. The van der Waals surface area contributed by atoms with Gasteiger partial charge >= 0.3 is 0 Å². The third kappa shape index (κ3) is 10.8. The molecule has 0 aromatic carbocycles. The molecule has 0 aliphatic rings. The summed E-state index contributed by atoms with van der Waals surface area (Å²) in [5.74, 6) is -1.09. The maximum Gasteiger partial charge on any atom is 0.259 e. The molecule has 0 radical (unpaired) electrons. The van der Waals surface area contributed by atoms with Crippen LogP contribution in [0, 0.1) is 0 Å². The molecule has 0 fully saturated rings. The summed E-state index contributed by atoms with van der Waals surface area (Å²) in [6, 6.07) is 0. The van der Waals surface area contributed by atoms with E-state index in [-0.39, 0.29) is 6.23 Å². The van der Waals surface area contributed by atoms with Crippen LogP contribution >= 0.6 is 24.4 Å². The Morgan fingerprint density at radius 1 is 1.04 bits per heavy atom. The zero-order valence-corrected chi connectivity index (χ0v) is 18.0. The second-order valence-electron chi connectivity index (χ2n) is 6.20. The van der Waals surface area contributed by atoms with Gasteiger partial charge in [-0.25, -0.2) is 4.90 Å². The summed E-state index contributed by atoms with van der Waals surface area (Å²) in [5.41, 5.74) is 6.38. The lowest BCUT2D eigenvalue weighted by atomic mass is 10.3. The van der Waals surface area contributed by atoms with Crippen LogP contribution in [0.4, 0.5) is 0 Å². The van der Waals surface area contributed by atoms with Crippen LogP contribution in [0.1, 0.15) is 66.7 Å². The van der Waals surface area contributed by atoms with Crippen LogP contribution in [0.25, 0.3) is 0 Å². The van der Waals surface area contributed by atoms with Crippen LogP contribution in [0.5, 0.6) is 0 Å². The fourth-order valence-electron chi connectivity index (χ4n) is 2.28. The highest BCUT2D eigenvalue weighted by atomic mass is 32.1. The lowest BCUT2D eigenvalue weighted by Crippen LogP contribution is -2.61. The van der Waals surface area contributed by atoms with Crippen molar-refractivity contribution in [1.29, 1.82) is 0 Å². The van der Waals surface area contributed by atoms with Crippen molar-refractivity contribution in [3.05, 3.63) is 0 Å². The Balaban J connectivity index is 4.69. The van der Waals surface area contributed by atoms with E-state index in [4.69, 9.17) is 39.6 Å². The van der Waals surface area contributed by atoms with Crippen molar-refractivity contribution in [3.8, 4) is 0 Å². The predicted octanol–water partition coefficient (Wildman–Crippen LogP) is 3.06. The molecule has 0 rings (SSSR count). The molecule has 0 aliphatic carbocycles. The number of hydrogen-bond acceptors (Lipinski definition) is 6. The highest BCUT2D eigenvalue weighted by Crippen LogP contribution is 2.16. The predicted molar refractivity (Wildman–Crippen MR) is 112 cm³/mol. The van der Waals surface area contributed by atoms with E-state index in [0.29, 0.717) is 16.9 Å². The average Bonchev–Trinajstić information content (AvgIpc) is 2.52. The highest BCUT2D eigenvalue weighted by Gasteiger charge is 2.35. The zero-order chi connectivity index (χ0) is 19.3. The van der Waals surface area contributed by atoms with Gasteiger partial charge in [0.05, 0.1) is 0 Å². The fraction of sp³-hybridized carbons (Fsp3) is 0.882. The summed E-state index contributed by atoms with van der Waals surface area (Å²) in [5, 5.41) is 6.85. The number of rotatable bonds is 12. The first-order chi connectivity index (χ1) is 11.8. The minimum Gasteiger partial charge on any atom is -0.452 e. The maximum absolute atomic E-state index is 6.38. The van der Waals surface area contributed by atoms with Crippen LogP contribution < -0.4 is 16.4 Å². The second-order valence-corrected chi connectivity index (χ2v) is 6.94. The first-order valence-electron chi connectivity index (χ1n) is 9.25. The molecule has 0 heterocycles. The summed E-state index contributed by atoms with van der Waals surface area (Å²) in [7, 11) is 0. The summed E-state index contributed by atoms with van der Waals surface area (Å²) in [4.78, 5) is 1.91. The van der Waals surface area contributed by atoms with Crippen LogP contribution in [0.2, 0.25) is 0 Å². The molecule has 25 heavy (non-hydrogen) atoms. The molecule has 8 heteroatoms. The molecular formula is C17H36N4O2S2. The summed E-state index contributed by atoms with van der Waals surface area (Å²) in [6.07, 6.45) is 4.83. The molecule has 4 N–H and O–H groups in total. The van der Waals surface area contributed by atoms with E-state index in [1.807, 2.05) is 11.8 Å². The second kappa shape index (κ2) is 13.5. The standard InChI is InChI=1S/C17H36N4O2S2/c1-6-9-11-19-15(24)22-14(4)21(13-8-3)17(5,18)23-16(25)20-12-10-7-2/h14H,6-13,18H2,1-5H3,(H,19,24)(H,20,25). The Labute approximate surface area is 164 Å². The Kier molecular flexibility index (Phi) is 13.1. The fourth-order valence-corrected chi connectivity index (χ4v) is 2.79. The Hall–Kier alpha value is -0.700. The third-order valence-electron chi connectivity index (χ3n) is 3.65. The van der Waals surface area contributed by atoms with E-state index in [9.17, 15) is 0 Å². The monoisotopic (exact) mass is 392 g/mol. The van der Waals surface area contributed by atoms with Gasteiger partial charge in [0.15, 0.2) is 6.23 Å². The van der Waals surface area contributed by atoms with Crippen LogP contribution in [-0.4, -0.2) is 47.0 Å². The minimum absolute atomic E-state index is 0.301. The third-order valence-corrected chi connectivity index (χ3v) is 4.12. The van der Waals surface area contributed by atoms with Crippen molar-refractivity contribution in [2.75, 3.05) is 19.6 Å². The van der Waals surface area contributed by atoms with Gasteiger partial charge in [-0.1, -0.05) is 33.6 Å². The average molecular weight is 393 g/mol. The molecule has 0 bridgehead atoms. The molecule has 0 saturated heterocycles. The van der Waals surface area contributed by atoms with Crippen molar-refractivity contribution in [1.82, 2.24) is 15.5 Å². The van der Waals surface area contributed by atoms with E-state index in [1.165, 1.54) is 0 Å². The lowest BCUT2D eigenvalue weighted by molar-refractivity contribution is -0.143. The largest absolute Gasteiger partial charge is 0.452 e. The van der Waals surface area contributed by atoms with Gasteiger partial charge in [-0.05, 0) is 50.6 Å². The van der Waals surface area contributed by atoms with Gasteiger partial charge in [-0.3, -0.25) is 5.73 Å². The normalized spacial score (nSPS) is 14.5. The number of hydrogen-bond donors (Lipinski definition) is 3. The van der Waals surface area contributed by atoms with Crippen LogP contribution in [0.3, 0.4) is 0 Å². The summed E-state index contributed by atoms with van der Waals surface area (Å²) < 4.78 is 11.6. The van der Waals surface area contributed by atoms with Gasteiger partial charge in [-0.15, -0.1) is 0 Å². The summed E-state index contributed by atoms with van der Waals surface area (Å²) in [6.45, 7) is 12.3. The van der Waals surface area contributed by atoms with Gasteiger partial charge < -0.3 is 20.1 Å². The molecule has 0 aromatic rings. The van der Waals surface area contributed by atoms with E-state index < -0.39 is 5.85 Å². The number of nitrogens with one attached hydrogen (secondary N) is 2. The SMILES string of the molecule is CCCCNC(=S)OC(C)N(CCC)C(C)(N)OC(=S)NCCCC. The van der Waals surface area contributed by atoms with Crippen molar-refractivity contribution < 1.29 is 9.47 Å². The van der Waals surface area contributed by atoms with Gasteiger partial charge in [0.25, 0.3) is 10.3 Å². The van der Waals surface area contributed by atoms with E-state index in [0.717, 1.165) is 45.2 Å². The molecule has 6 nitrogen and oxygen atoms in total. The lowest BCUT2D eigenvalue weighted by Gasteiger charge is -2.41. The quantitative estimate of drug-likeness (QED) is 0.266. The number of nitrogens with two attached hydrogens (primary N) is 1. The molecule has 0 saturated carbocycles. The first kappa shape index (κ1) is 24.3. The number of nitrogens with zero attached hydrogens (tertiary/aromatic N) is 1. The van der Waals surface area contributed by atoms with Crippen LogP contribution in [-0.2, 0) is 9.47 Å². The van der Waals surface area contributed by atoms with E-state index >= 15 is 0 Å². The Morgan fingerprint density at radius 2 is 1.56 bits per heavy atom. The maximum atomic E-state index is 6.38. The van der Waals surface area contributed by atoms with Crippen molar-refractivity contribution in [2.45, 2.75) is 78.8 Å². The molecule has 0 spiro atoms. The van der Waals surface area contributed by atoms with Crippen LogP contribution in [0.15, 0.2) is 0 Å². The van der Waals surface area contributed by atoms with Crippen molar-refractivity contribution in [3.63, 3.8) is 0 Å². The zero-order valence-electron chi connectivity index (χ0n) is 16.4. The summed E-state index contributed by atoms with van der Waals surface area (Å²) >= 11 is 10.5. The first-order valence-corrected chi connectivity index (χ1v) is 10.1. The number of thiocarbonyl (C=S) groups is 2. The molecule has 148 valence electrons. The van der Waals surface area contributed by atoms with Gasteiger partial charge in [0.1, 0.15) is 0 Å². The van der Waals surface area contributed by atoms with Gasteiger partial charge in [-0.2, -0.15) is 0 Å². The molecule has 0 amide bonds.